The number of amides is 2. The summed E-state index contributed by atoms with van der Waals surface area (Å²) >= 11 is 0. The largest absolute Gasteiger partial charge is 0.444 e. The third-order valence-electron chi connectivity index (χ3n) is 6.14. The van der Waals surface area contributed by atoms with Crippen LogP contribution in [0.15, 0.2) is 36.4 Å². The van der Waals surface area contributed by atoms with Crippen LogP contribution in [-0.4, -0.2) is 73.7 Å². The lowest BCUT2D eigenvalue weighted by Gasteiger charge is -2.29. The zero-order valence-electron chi connectivity index (χ0n) is 21.4. The summed E-state index contributed by atoms with van der Waals surface area (Å²) in [6.45, 7) is 10.4. The number of fused-ring (bicyclic) bond motifs is 1. The highest BCUT2D eigenvalue weighted by Crippen LogP contribution is 2.28. The maximum absolute atomic E-state index is 13.1. The molecule has 1 saturated heterocycles. The summed E-state index contributed by atoms with van der Waals surface area (Å²) in [4.78, 5) is 40.6. The van der Waals surface area contributed by atoms with E-state index in [1.165, 1.54) is 22.2 Å². The molecule has 0 spiro atoms. The number of anilines is 1. The van der Waals surface area contributed by atoms with Crippen molar-refractivity contribution in [3.63, 3.8) is 0 Å². The molecule has 0 aliphatic carbocycles. The Labute approximate surface area is 208 Å². The molecule has 8 nitrogen and oxygen atoms in total. The van der Waals surface area contributed by atoms with Gasteiger partial charge in [0.05, 0.1) is 6.54 Å². The lowest BCUT2D eigenvalue weighted by atomic mass is 10.00. The maximum Gasteiger partial charge on any atom is 0.410 e. The Hall–Kier alpha value is -2.87. The zero-order chi connectivity index (χ0) is 25.4. The van der Waals surface area contributed by atoms with Crippen LogP contribution in [0.2, 0.25) is 0 Å². The van der Waals surface area contributed by atoms with Gasteiger partial charge in [-0.25, -0.2) is 4.79 Å². The first kappa shape index (κ1) is 26.7. The number of hydrogen-bond acceptors (Lipinski definition) is 6. The van der Waals surface area contributed by atoms with Gasteiger partial charge >= 0.3 is 6.09 Å². The van der Waals surface area contributed by atoms with E-state index in [1.54, 1.807) is 6.08 Å². The number of aldehydes is 1. The van der Waals surface area contributed by atoms with Crippen molar-refractivity contribution in [2.75, 3.05) is 37.7 Å². The van der Waals surface area contributed by atoms with Crippen molar-refractivity contribution in [2.45, 2.75) is 64.7 Å². The summed E-state index contributed by atoms with van der Waals surface area (Å²) in [7, 11) is 0. The lowest BCUT2D eigenvalue weighted by Crippen LogP contribution is -2.48. The summed E-state index contributed by atoms with van der Waals surface area (Å²) in [5, 5.41) is 3.03. The van der Waals surface area contributed by atoms with E-state index >= 15 is 0 Å². The van der Waals surface area contributed by atoms with E-state index in [2.05, 4.69) is 41.4 Å². The summed E-state index contributed by atoms with van der Waals surface area (Å²) in [5.74, 6) is -0.0178. The van der Waals surface area contributed by atoms with Crippen LogP contribution in [0.25, 0.3) is 0 Å². The van der Waals surface area contributed by atoms with Crippen LogP contribution in [-0.2, 0) is 25.5 Å². The van der Waals surface area contributed by atoms with Crippen molar-refractivity contribution in [1.82, 2.24) is 10.2 Å². The zero-order valence-corrected chi connectivity index (χ0v) is 21.4. The number of carbonyl (C=O) groups excluding carboxylic acids is 3. The van der Waals surface area contributed by atoms with Gasteiger partial charge in [-0.15, -0.1) is 0 Å². The Morgan fingerprint density at radius 2 is 2.03 bits per heavy atom. The van der Waals surface area contributed by atoms with Gasteiger partial charge in [0.15, 0.2) is 6.10 Å². The molecule has 0 bridgehead atoms. The molecule has 192 valence electrons. The van der Waals surface area contributed by atoms with Gasteiger partial charge in [-0.2, -0.15) is 0 Å². The fourth-order valence-electron chi connectivity index (χ4n) is 4.60. The minimum Gasteiger partial charge on any atom is -0.444 e. The first-order valence-electron chi connectivity index (χ1n) is 12.5. The maximum atomic E-state index is 13.1. The summed E-state index contributed by atoms with van der Waals surface area (Å²) in [5.41, 5.74) is 2.03. The summed E-state index contributed by atoms with van der Waals surface area (Å²) in [6.07, 6.45) is 4.97. The average Bonchev–Trinajstić information content (AvgIpc) is 3.02. The van der Waals surface area contributed by atoms with E-state index in [4.69, 9.17) is 9.47 Å². The fraction of sp³-hybridized carbons (Fsp3) is 0.593. The van der Waals surface area contributed by atoms with Crippen LogP contribution in [0, 0.1) is 5.92 Å². The van der Waals surface area contributed by atoms with Crippen LogP contribution in [0.5, 0.6) is 0 Å². The van der Waals surface area contributed by atoms with Crippen molar-refractivity contribution in [1.29, 1.82) is 0 Å². The van der Waals surface area contributed by atoms with Gasteiger partial charge in [0.25, 0.3) is 5.91 Å². The van der Waals surface area contributed by atoms with E-state index in [1.807, 2.05) is 20.8 Å². The van der Waals surface area contributed by atoms with Gasteiger partial charge < -0.3 is 24.6 Å². The molecular formula is C27H39N3O5. The molecule has 0 saturated carbocycles. The molecule has 8 heteroatoms. The SMILES string of the molecule is CC(C[C@@H](/C=C/C=O)NC(=O)[C@@H]1CN(C(=O)OC(C)(C)C)CCCO1)CN1CCc2ccccc21. The molecule has 0 aromatic heterocycles. The molecule has 1 aromatic rings. The van der Waals surface area contributed by atoms with Crippen molar-refractivity contribution >= 4 is 24.0 Å². The molecule has 2 aliphatic heterocycles. The molecule has 35 heavy (non-hydrogen) atoms. The molecule has 1 aromatic carbocycles. The summed E-state index contributed by atoms with van der Waals surface area (Å²) in [6, 6.07) is 8.14. The van der Waals surface area contributed by atoms with Crippen LogP contribution in [0.3, 0.4) is 0 Å². The number of hydrogen-bond donors (Lipinski definition) is 1. The Morgan fingerprint density at radius 1 is 1.26 bits per heavy atom. The fourth-order valence-corrected chi connectivity index (χ4v) is 4.60. The smallest absolute Gasteiger partial charge is 0.410 e. The van der Waals surface area contributed by atoms with Gasteiger partial charge in [-0.3, -0.25) is 9.59 Å². The minimum absolute atomic E-state index is 0.130. The molecule has 0 radical (unpaired) electrons. The van der Waals surface area contributed by atoms with Crippen molar-refractivity contribution < 1.29 is 23.9 Å². The number of nitrogens with one attached hydrogen (secondary N) is 1. The first-order valence-corrected chi connectivity index (χ1v) is 12.5. The lowest BCUT2D eigenvalue weighted by molar-refractivity contribution is -0.133. The van der Waals surface area contributed by atoms with Crippen LogP contribution in [0.4, 0.5) is 10.5 Å². The number of para-hydroxylation sites is 1. The first-order chi connectivity index (χ1) is 16.7. The standard InChI is InChI=1S/C27H39N3O5/c1-20(18-29-14-12-21-9-5-6-11-23(21)29)17-22(10-7-15-31)28-25(32)24-19-30(13-8-16-34-24)26(33)35-27(2,3)4/h5-7,9-11,15,20,22,24H,8,12-14,16-19H2,1-4H3,(H,28,32)/b10-7+/t20?,22-,24+/m1/s1. The Bertz CT molecular complexity index is 910. The molecule has 2 amide bonds. The number of benzene rings is 1. The molecule has 1 fully saturated rings. The highest BCUT2D eigenvalue weighted by molar-refractivity contribution is 5.82. The van der Waals surface area contributed by atoms with E-state index in [0.717, 1.165) is 19.5 Å². The minimum atomic E-state index is -0.794. The van der Waals surface area contributed by atoms with Gasteiger partial charge in [-0.1, -0.05) is 31.2 Å². The second kappa shape index (κ2) is 12.2. The van der Waals surface area contributed by atoms with E-state index in [9.17, 15) is 14.4 Å². The normalized spacial score (nSPS) is 20.2. The van der Waals surface area contributed by atoms with Crippen LogP contribution >= 0.6 is 0 Å². The Morgan fingerprint density at radius 3 is 2.77 bits per heavy atom. The Balaban J connectivity index is 1.59. The van der Waals surface area contributed by atoms with Crippen LogP contribution < -0.4 is 10.2 Å². The van der Waals surface area contributed by atoms with Crippen molar-refractivity contribution in [3.8, 4) is 0 Å². The van der Waals surface area contributed by atoms with Gasteiger partial charge in [-0.05, 0) is 63.7 Å². The predicted molar refractivity (Wildman–Crippen MR) is 135 cm³/mol. The van der Waals surface area contributed by atoms with Crippen molar-refractivity contribution in [2.24, 2.45) is 5.92 Å². The molecule has 1 N–H and O–H groups in total. The van der Waals surface area contributed by atoms with E-state index in [-0.39, 0.29) is 24.4 Å². The predicted octanol–water partition coefficient (Wildman–Crippen LogP) is 3.34. The second-order valence-corrected chi connectivity index (χ2v) is 10.4. The number of carbonyl (C=O) groups is 3. The third-order valence-corrected chi connectivity index (χ3v) is 6.14. The molecule has 3 atom stereocenters. The monoisotopic (exact) mass is 485 g/mol. The quantitative estimate of drug-likeness (QED) is 0.449. The topological polar surface area (TPSA) is 88.2 Å². The third kappa shape index (κ3) is 8.09. The van der Waals surface area contributed by atoms with Gasteiger partial charge in [0.2, 0.25) is 0 Å². The Kier molecular flexibility index (Phi) is 9.32. The van der Waals surface area contributed by atoms with Gasteiger partial charge in [0.1, 0.15) is 11.9 Å². The van der Waals surface area contributed by atoms with Gasteiger partial charge in [0, 0.05) is 38.0 Å². The number of allylic oxidation sites excluding steroid dienone is 1. The highest BCUT2D eigenvalue weighted by atomic mass is 16.6. The summed E-state index contributed by atoms with van der Waals surface area (Å²) < 4.78 is 11.2. The van der Waals surface area contributed by atoms with E-state index in [0.29, 0.717) is 32.3 Å². The van der Waals surface area contributed by atoms with E-state index < -0.39 is 17.8 Å². The number of rotatable bonds is 8. The molecule has 2 heterocycles. The van der Waals surface area contributed by atoms with Crippen LogP contribution in [0.1, 0.15) is 46.1 Å². The second-order valence-electron chi connectivity index (χ2n) is 10.4. The highest BCUT2D eigenvalue weighted by Gasteiger charge is 2.31. The number of nitrogens with zero attached hydrogens (tertiary/aromatic N) is 2. The van der Waals surface area contributed by atoms with Crippen molar-refractivity contribution in [3.05, 3.63) is 42.0 Å². The molecular weight excluding hydrogens is 446 g/mol. The average molecular weight is 486 g/mol. The number of ether oxygens (including phenoxy) is 2. The molecule has 2 aliphatic rings. The molecule has 1 unspecified atom stereocenters. The molecule has 3 rings (SSSR count).